The lowest BCUT2D eigenvalue weighted by Gasteiger charge is -2.30. The maximum absolute atomic E-state index is 7.09. The molecule has 1 nitrogen and oxygen atoms in total. The molecular weight excluding hydrogens is 400 g/mol. The van der Waals surface area contributed by atoms with Gasteiger partial charge in [0.15, 0.2) is 0 Å². The van der Waals surface area contributed by atoms with E-state index in [1.807, 2.05) is 0 Å². The Kier molecular flexibility index (Phi) is 25.0. The van der Waals surface area contributed by atoms with Crippen molar-refractivity contribution in [3.63, 3.8) is 0 Å². The SMILES string of the molecule is CCCCCCCC(CC(CC)CCCC)OC(CCCCCCC)CC(CC)CCCC. The van der Waals surface area contributed by atoms with Crippen molar-refractivity contribution in [2.75, 3.05) is 0 Å². The van der Waals surface area contributed by atoms with Crippen LogP contribution in [0.5, 0.6) is 0 Å². The fourth-order valence-corrected chi connectivity index (χ4v) is 5.41. The summed E-state index contributed by atoms with van der Waals surface area (Å²) in [6.45, 7) is 14.1. The Hall–Kier alpha value is -0.0400. The van der Waals surface area contributed by atoms with E-state index in [0.29, 0.717) is 12.2 Å². The predicted molar refractivity (Wildman–Crippen MR) is 151 cm³/mol. The smallest absolute Gasteiger partial charge is 0.0581 e. The van der Waals surface area contributed by atoms with Crippen LogP contribution in [0.4, 0.5) is 0 Å². The van der Waals surface area contributed by atoms with E-state index in [1.54, 1.807) is 0 Å². The molecule has 0 saturated heterocycles. The first kappa shape index (κ1) is 33.0. The summed E-state index contributed by atoms with van der Waals surface area (Å²) >= 11 is 0. The quantitative estimate of drug-likeness (QED) is 0.115. The van der Waals surface area contributed by atoms with Gasteiger partial charge < -0.3 is 4.74 Å². The third kappa shape index (κ3) is 19.9. The molecule has 0 bridgehead atoms. The van der Waals surface area contributed by atoms with Crippen LogP contribution < -0.4 is 0 Å². The van der Waals surface area contributed by atoms with E-state index in [9.17, 15) is 0 Å². The Balaban J connectivity index is 5.06. The zero-order chi connectivity index (χ0) is 24.6. The standard InChI is InChI=1S/C32H66O/c1-7-13-17-19-21-25-31(27-29(11-5)23-15-9-3)33-32(26-22-20-18-14-8-2)28-30(12-6)24-16-10-4/h29-32H,7-28H2,1-6H3. The summed E-state index contributed by atoms with van der Waals surface area (Å²) < 4.78 is 7.09. The molecule has 0 rings (SSSR count). The van der Waals surface area contributed by atoms with Gasteiger partial charge in [-0.15, -0.1) is 0 Å². The van der Waals surface area contributed by atoms with Gasteiger partial charge in [-0.2, -0.15) is 0 Å². The fraction of sp³-hybridized carbons (Fsp3) is 1.00. The van der Waals surface area contributed by atoms with Gasteiger partial charge in [-0.25, -0.2) is 0 Å². The topological polar surface area (TPSA) is 9.23 Å². The van der Waals surface area contributed by atoms with Crippen molar-refractivity contribution in [3.05, 3.63) is 0 Å². The molecule has 0 aliphatic carbocycles. The van der Waals surface area contributed by atoms with E-state index in [4.69, 9.17) is 4.74 Å². The molecule has 0 heterocycles. The first-order chi connectivity index (χ1) is 16.1. The molecular formula is C32H66O. The normalized spacial score (nSPS) is 15.5. The van der Waals surface area contributed by atoms with Crippen LogP contribution in [-0.4, -0.2) is 12.2 Å². The van der Waals surface area contributed by atoms with Crippen LogP contribution in [0, 0.1) is 11.8 Å². The highest BCUT2D eigenvalue weighted by Crippen LogP contribution is 2.29. The largest absolute Gasteiger partial charge is 0.375 e. The van der Waals surface area contributed by atoms with E-state index in [2.05, 4.69) is 41.5 Å². The number of rotatable bonds is 26. The van der Waals surface area contributed by atoms with Crippen molar-refractivity contribution >= 4 is 0 Å². The fourth-order valence-electron chi connectivity index (χ4n) is 5.41. The lowest BCUT2D eigenvalue weighted by molar-refractivity contribution is -0.0457. The van der Waals surface area contributed by atoms with Crippen LogP contribution in [-0.2, 0) is 4.74 Å². The molecule has 0 saturated carbocycles. The van der Waals surface area contributed by atoms with Gasteiger partial charge in [0.1, 0.15) is 0 Å². The predicted octanol–water partition coefficient (Wildman–Crippen LogP) is 11.7. The summed E-state index contributed by atoms with van der Waals surface area (Å²) in [5.74, 6) is 1.72. The Labute approximate surface area is 211 Å². The minimum absolute atomic E-state index is 0.498. The van der Waals surface area contributed by atoms with Crippen molar-refractivity contribution < 1.29 is 4.74 Å². The van der Waals surface area contributed by atoms with Crippen molar-refractivity contribution in [1.29, 1.82) is 0 Å². The molecule has 1 heteroatoms. The zero-order valence-electron chi connectivity index (χ0n) is 24.3. The van der Waals surface area contributed by atoms with Gasteiger partial charge in [0.25, 0.3) is 0 Å². The Morgan fingerprint density at radius 2 is 0.758 bits per heavy atom. The molecule has 0 aromatic rings. The van der Waals surface area contributed by atoms with Gasteiger partial charge in [0.05, 0.1) is 12.2 Å². The highest BCUT2D eigenvalue weighted by Gasteiger charge is 2.22. The third-order valence-corrected chi connectivity index (χ3v) is 7.92. The maximum Gasteiger partial charge on any atom is 0.0581 e. The lowest BCUT2D eigenvalue weighted by atomic mass is 9.89. The number of hydrogen-bond acceptors (Lipinski definition) is 1. The van der Waals surface area contributed by atoms with E-state index >= 15 is 0 Å². The summed E-state index contributed by atoms with van der Waals surface area (Å²) in [6.07, 6.45) is 30.9. The van der Waals surface area contributed by atoms with E-state index in [0.717, 1.165) is 11.8 Å². The van der Waals surface area contributed by atoms with Crippen LogP contribution in [0.15, 0.2) is 0 Å². The molecule has 0 spiro atoms. The Bertz CT molecular complexity index is 332. The van der Waals surface area contributed by atoms with Crippen molar-refractivity contribution in [3.8, 4) is 0 Å². The molecule has 4 atom stereocenters. The van der Waals surface area contributed by atoms with E-state index < -0.39 is 0 Å². The van der Waals surface area contributed by atoms with Crippen molar-refractivity contribution in [2.24, 2.45) is 11.8 Å². The molecule has 0 radical (unpaired) electrons. The van der Waals surface area contributed by atoms with Crippen LogP contribution in [0.2, 0.25) is 0 Å². The number of ether oxygens (including phenoxy) is 1. The maximum atomic E-state index is 7.09. The monoisotopic (exact) mass is 467 g/mol. The van der Waals surface area contributed by atoms with Crippen molar-refractivity contribution in [2.45, 2.75) is 195 Å². The Morgan fingerprint density at radius 1 is 0.394 bits per heavy atom. The molecule has 0 amide bonds. The molecule has 0 N–H and O–H groups in total. The van der Waals surface area contributed by atoms with E-state index in [1.165, 1.54) is 141 Å². The second kappa shape index (κ2) is 25.1. The minimum atomic E-state index is 0.498. The van der Waals surface area contributed by atoms with Gasteiger partial charge in [0.2, 0.25) is 0 Å². The summed E-state index contributed by atoms with van der Waals surface area (Å²) in [7, 11) is 0. The minimum Gasteiger partial charge on any atom is -0.375 e. The summed E-state index contributed by atoms with van der Waals surface area (Å²) in [5, 5.41) is 0. The molecule has 0 fully saturated rings. The van der Waals surface area contributed by atoms with Gasteiger partial charge in [-0.3, -0.25) is 0 Å². The first-order valence-corrected chi connectivity index (χ1v) is 15.8. The molecule has 0 aromatic carbocycles. The summed E-state index contributed by atoms with van der Waals surface area (Å²) in [5.41, 5.74) is 0. The average molecular weight is 467 g/mol. The molecule has 33 heavy (non-hydrogen) atoms. The highest BCUT2D eigenvalue weighted by molar-refractivity contribution is 4.72. The van der Waals surface area contributed by atoms with Gasteiger partial charge >= 0.3 is 0 Å². The van der Waals surface area contributed by atoms with Crippen LogP contribution in [0.1, 0.15) is 183 Å². The van der Waals surface area contributed by atoms with E-state index in [-0.39, 0.29) is 0 Å². The molecule has 4 unspecified atom stereocenters. The zero-order valence-corrected chi connectivity index (χ0v) is 24.3. The van der Waals surface area contributed by atoms with Crippen molar-refractivity contribution in [1.82, 2.24) is 0 Å². The Morgan fingerprint density at radius 3 is 1.09 bits per heavy atom. The molecule has 200 valence electrons. The second-order valence-electron chi connectivity index (χ2n) is 11.1. The third-order valence-electron chi connectivity index (χ3n) is 7.92. The summed E-state index contributed by atoms with van der Waals surface area (Å²) in [4.78, 5) is 0. The highest BCUT2D eigenvalue weighted by atomic mass is 16.5. The first-order valence-electron chi connectivity index (χ1n) is 15.8. The van der Waals surface area contributed by atoms with Crippen LogP contribution in [0.3, 0.4) is 0 Å². The summed E-state index contributed by atoms with van der Waals surface area (Å²) in [6, 6.07) is 0. The number of hydrogen-bond donors (Lipinski definition) is 0. The second-order valence-corrected chi connectivity index (χ2v) is 11.1. The van der Waals surface area contributed by atoms with Crippen LogP contribution in [0.25, 0.3) is 0 Å². The molecule has 0 aliphatic heterocycles. The molecule has 0 aromatic heterocycles. The van der Waals surface area contributed by atoms with Gasteiger partial charge in [0, 0.05) is 0 Å². The average Bonchev–Trinajstić information content (AvgIpc) is 2.83. The van der Waals surface area contributed by atoms with Gasteiger partial charge in [-0.05, 0) is 37.5 Å². The molecule has 0 aliphatic rings. The number of unbranched alkanes of at least 4 members (excludes halogenated alkanes) is 10. The van der Waals surface area contributed by atoms with Crippen LogP contribution >= 0.6 is 0 Å². The van der Waals surface area contributed by atoms with Gasteiger partial charge in [-0.1, -0.05) is 157 Å². The lowest BCUT2D eigenvalue weighted by Crippen LogP contribution is -2.27.